The van der Waals surface area contributed by atoms with E-state index in [0.717, 1.165) is 44.9 Å². The predicted molar refractivity (Wildman–Crippen MR) is 199 cm³/mol. The van der Waals surface area contributed by atoms with Crippen LogP contribution in [0.1, 0.15) is 181 Å². The lowest BCUT2D eigenvalue weighted by molar-refractivity contribution is -0.130. The number of hydrogen-bond acceptors (Lipinski definition) is 5. The van der Waals surface area contributed by atoms with E-state index in [0.29, 0.717) is 12.8 Å². The van der Waals surface area contributed by atoms with Gasteiger partial charge < -0.3 is 15.5 Å². The molecule has 0 saturated carbocycles. The van der Waals surface area contributed by atoms with Gasteiger partial charge in [0.1, 0.15) is 6.10 Å². The number of aliphatic hydroxyl groups excluding tert-OH is 2. The predicted octanol–water partition coefficient (Wildman–Crippen LogP) is 9.93. The molecule has 0 aliphatic rings. The van der Waals surface area contributed by atoms with E-state index in [4.69, 9.17) is 0 Å². The maximum absolute atomic E-state index is 12.5. The van der Waals surface area contributed by atoms with Gasteiger partial charge in [0.2, 0.25) is 5.91 Å². The molecule has 8 heteroatoms. The molecule has 0 aliphatic carbocycles. The largest absolute Gasteiger partial charge is 0.387 e. The first kappa shape index (κ1) is 45.5. The van der Waals surface area contributed by atoms with Gasteiger partial charge >= 0.3 is 0 Å². The van der Waals surface area contributed by atoms with Crippen LogP contribution in [0.15, 0.2) is 36.5 Å². The van der Waals surface area contributed by atoms with Crippen LogP contribution in [0.3, 0.4) is 0 Å². The summed E-state index contributed by atoms with van der Waals surface area (Å²) in [4.78, 5) is 12.5. The molecule has 0 bridgehead atoms. The molecule has 3 atom stereocenters. The van der Waals surface area contributed by atoms with Gasteiger partial charge in [0.15, 0.2) is 0 Å². The minimum Gasteiger partial charge on any atom is -0.387 e. The quantitative estimate of drug-likeness (QED) is 0.0304. The molecule has 0 heterocycles. The molecular weight excluding hydrogens is 610 g/mol. The van der Waals surface area contributed by atoms with E-state index < -0.39 is 40.0 Å². The molecule has 0 spiro atoms. The topological polar surface area (TPSA) is 124 Å². The fraction of sp³-hybridized carbons (Fsp3) is 0.821. The number of amides is 1. The monoisotopic (exact) mass is 684 g/mol. The third kappa shape index (κ3) is 32.8. The van der Waals surface area contributed by atoms with Crippen LogP contribution in [0.4, 0.5) is 0 Å². The van der Waals surface area contributed by atoms with Gasteiger partial charge in [-0.05, 0) is 51.4 Å². The molecule has 1 amide bonds. The van der Waals surface area contributed by atoms with Crippen molar-refractivity contribution in [3.05, 3.63) is 36.5 Å². The Morgan fingerprint density at radius 2 is 0.979 bits per heavy atom. The molecule has 276 valence electrons. The second kappa shape index (κ2) is 33.0. The van der Waals surface area contributed by atoms with Crippen LogP contribution in [-0.4, -0.2) is 53.1 Å². The summed E-state index contributed by atoms with van der Waals surface area (Å²) in [7, 11) is -4.45. The highest BCUT2D eigenvalue weighted by atomic mass is 32.2. The zero-order valence-corrected chi connectivity index (χ0v) is 31.1. The molecule has 0 aromatic rings. The first-order chi connectivity index (χ1) is 22.7. The summed E-state index contributed by atoms with van der Waals surface area (Å²) in [6, 6.07) is -1.25. The molecule has 0 saturated heterocycles. The molecule has 0 rings (SSSR count). The van der Waals surface area contributed by atoms with Crippen LogP contribution in [-0.2, 0) is 14.9 Å². The van der Waals surface area contributed by atoms with Crippen LogP contribution in [0.2, 0.25) is 0 Å². The van der Waals surface area contributed by atoms with Crippen molar-refractivity contribution in [3.63, 3.8) is 0 Å². The fourth-order valence-electron chi connectivity index (χ4n) is 5.63. The number of carbonyl (C=O) groups excluding carboxylic acids is 1. The highest BCUT2D eigenvalue weighted by Crippen LogP contribution is 2.14. The van der Waals surface area contributed by atoms with Crippen molar-refractivity contribution < 1.29 is 28.0 Å². The Morgan fingerprint density at radius 1 is 0.574 bits per heavy atom. The molecule has 7 nitrogen and oxygen atoms in total. The van der Waals surface area contributed by atoms with Crippen molar-refractivity contribution in [3.8, 4) is 0 Å². The lowest BCUT2D eigenvalue weighted by Gasteiger charge is -2.22. The van der Waals surface area contributed by atoms with Crippen LogP contribution in [0.25, 0.3) is 0 Å². The fourth-order valence-corrected chi connectivity index (χ4v) is 6.36. The number of rotatable bonds is 34. The molecule has 0 aromatic heterocycles. The van der Waals surface area contributed by atoms with Gasteiger partial charge in [-0.15, -0.1) is 0 Å². The van der Waals surface area contributed by atoms with Gasteiger partial charge in [0, 0.05) is 0 Å². The first-order valence-electron chi connectivity index (χ1n) is 19.3. The van der Waals surface area contributed by atoms with E-state index in [-0.39, 0.29) is 6.42 Å². The SMILES string of the molecule is CCCC/C=C\CCCCCCC(O)C(=O)NC(CS(=O)(=O)O)C(O)/C=C/CC/C=C/CCCCCCCCCCCCCCCC. The molecule has 0 radical (unpaired) electrons. The minimum absolute atomic E-state index is 0.258. The Balaban J connectivity index is 4.10. The van der Waals surface area contributed by atoms with Gasteiger partial charge in [-0.2, -0.15) is 8.42 Å². The van der Waals surface area contributed by atoms with E-state index in [1.807, 2.05) is 0 Å². The summed E-state index contributed by atoms with van der Waals surface area (Å²) in [5.41, 5.74) is 0. The van der Waals surface area contributed by atoms with Crippen molar-refractivity contribution in [1.29, 1.82) is 0 Å². The third-order valence-electron chi connectivity index (χ3n) is 8.65. The second-order valence-electron chi connectivity index (χ2n) is 13.3. The minimum atomic E-state index is -4.45. The Labute approximate surface area is 289 Å². The number of nitrogens with one attached hydrogen (secondary N) is 1. The van der Waals surface area contributed by atoms with Crippen molar-refractivity contribution in [1.82, 2.24) is 5.32 Å². The van der Waals surface area contributed by atoms with Crippen molar-refractivity contribution >= 4 is 16.0 Å². The highest BCUT2D eigenvalue weighted by Gasteiger charge is 2.27. The third-order valence-corrected chi connectivity index (χ3v) is 9.43. The maximum Gasteiger partial charge on any atom is 0.267 e. The molecule has 4 N–H and O–H groups in total. The van der Waals surface area contributed by atoms with Gasteiger partial charge in [0.25, 0.3) is 10.1 Å². The van der Waals surface area contributed by atoms with E-state index in [1.165, 1.54) is 109 Å². The summed E-state index contributed by atoms with van der Waals surface area (Å²) in [5, 5.41) is 23.2. The van der Waals surface area contributed by atoms with Crippen LogP contribution >= 0.6 is 0 Å². The van der Waals surface area contributed by atoms with E-state index in [9.17, 15) is 28.0 Å². The van der Waals surface area contributed by atoms with Gasteiger partial charge in [-0.3, -0.25) is 9.35 Å². The van der Waals surface area contributed by atoms with Gasteiger partial charge in [0.05, 0.1) is 17.9 Å². The standard InChI is InChI=1S/C39H73NO6S/c1-3-5-7-9-11-13-15-16-17-18-19-20-21-22-23-24-26-27-29-31-33-37(41)36(35-47(44,45)46)40-39(43)38(42)34-32-30-28-25-14-12-10-8-6-4-2/h10,12,24,26,31,33,36-38,41-42H,3-9,11,13-23,25,27-30,32,34-35H2,1-2H3,(H,40,43)(H,44,45,46)/b12-10-,26-24+,33-31+. The van der Waals surface area contributed by atoms with E-state index >= 15 is 0 Å². The maximum atomic E-state index is 12.5. The molecular formula is C39H73NO6S. The average Bonchev–Trinajstić information content (AvgIpc) is 3.03. The van der Waals surface area contributed by atoms with Crippen molar-refractivity contribution in [2.75, 3.05) is 5.75 Å². The van der Waals surface area contributed by atoms with E-state index in [2.05, 4.69) is 43.5 Å². The number of aliphatic hydroxyl groups is 2. The summed E-state index contributed by atoms with van der Waals surface area (Å²) >= 11 is 0. The Bertz CT molecular complexity index is 901. The zero-order valence-electron chi connectivity index (χ0n) is 30.3. The molecule has 0 fully saturated rings. The number of unbranched alkanes of at least 4 members (excludes halogenated alkanes) is 21. The lowest BCUT2D eigenvalue weighted by atomic mass is 10.0. The Hall–Kier alpha value is -1.48. The van der Waals surface area contributed by atoms with Crippen LogP contribution < -0.4 is 5.32 Å². The Morgan fingerprint density at radius 3 is 1.47 bits per heavy atom. The average molecular weight is 684 g/mol. The summed E-state index contributed by atoms with van der Waals surface area (Å²) in [6.45, 7) is 4.45. The second-order valence-corrected chi connectivity index (χ2v) is 14.8. The zero-order chi connectivity index (χ0) is 34.9. The molecule has 0 aliphatic heterocycles. The highest BCUT2D eigenvalue weighted by molar-refractivity contribution is 7.85. The number of allylic oxidation sites excluding steroid dienone is 5. The smallest absolute Gasteiger partial charge is 0.267 e. The molecule has 47 heavy (non-hydrogen) atoms. The summed E-state index contributed by atoms with van der Waals surface area (Å²) in [6.07, 6.45) is 39.3. The summed E-state index contributed by atoms with van der Waals surface area (Å²) in [5.74, 6) is -1.57. The number of hydrogen-bond donors (Lipinski definition) is 4. The lowest BCUT2D eigenvalue weighted by Crippen LogP contribution is -2.50. The normalized spacial score (nSPS) is 14.4. The molecule has 0 aromatic carbocycles. The van der Waals surface area contributed by atoms with E-state index in [1.54, 1.807) is 6.08 Å². The first-order valence-corrected chi connectivity index (χ1v) is 20.9. The number of carbonyl (C=O) groups is 1. The van der Waals surface area contributed by atoms with Crippen LogP contribution in [0.5, 0.6) is 0 Å². The van der Waals surface area contributed by atoms with Crippen molar-refractivity contribution in [2.45, 2.75) is 199 Å². The van der Waals surface area contributed by atoms with Crippen LogP contribution in [0, 0.1) is 0 Å². The Kier molecular flexibility index (Phi) is 32.0. The van der Waals surface area contributed by atoms with Crippen molar-refractivity contribution in [2.24, 2.45) is 0 Å². The summed E-state index contributed by atoms with van der Waals surface area (Å²) < 4.78 is 32.4. The van der Waals surface area contributed by atoms with Gasteiger partial charge in [-0.25, -0.2) is 0 Å². The molecule has 3 unspecified atom stereocenters. The van der Waals surface area contributed by atoms with Gasteiger partial charge in [-0.1, -0.05) is 166 Å².